The van der Waals surface area contributed by atoms with Crippen LogP contribution >= 0.6 is 0 Å². The summed E-state index contributed by atoms with van der Waals surface area (Å²) in [5, 5.41) is 10.8. The molecule has 3 N–H and O–H groups in total. The van der Waals surface area contributed by atoms with Gasteiger partial charge in [-0.15, -0.1) is 0 Å². The van der Waals surface area contributed by atoms with Crippen LogP contribution in [0.15, 0.2) is 0 Å². The fraction of sp³-hybridized carbons (Fsp3) is 1.00. The monoisotopic (exact) mass is 239 g/mol. The Morgan fingerprint density at radius 2 is 1.71 bits per heavy atom. The van der Waals surface area contributed by atoms with Gasteiger partial charge in [0.15, 0.2) is 0 Å². The van der Waals surface area contributed by atoms with Gasteiger partial charge in [-0.2, -0.15) is 0 Å². The molecule has 1 atom stereocenters. The molecule has 0 aromatic rings. The van der Waals surface area contributed by atoms with Crippen LogP contribution in [0.4, 0.5) is 0 Å². The van der Waals surface area contributed by atoms with Crippen LogP contribution in [-0.4, -0.2) is 17.8 Å². The summed E-state index contributed by atoms with van der Waals surface area (Å²) in [6.45, 7) is 3.02. The van der Waals surface area contributed by atoms with Crippen molar-refractivity contribution in [3.05, 3.63) is 0 Å². The van der Waals surface area contributed by atoms with Gasteiger partial charge < -0.3 is 10.8 Å². The zero-order valence-electron chi connectivity index (χ0n) is 11.3. The highest BCUT2D eigenvalue weighted by molar-refractivity contribution is 4.94. The molecule has 100 valence electrons. The molecule has 2 fully saturated rings. The lowest BCUT2D eigenvalue weighted by Crippen LogP contribution is -2.47. The van der Waals surface area contributed by atoms with E-state index >= 15 is 0 Å². The van der Waals surface area contributed by atoms with E-state index in [1.54, 1.807) is 0 Å². The zero-order chi connectivity index (χ0) is 12.3. The van der Waals surface area contributed by atoms with Gasteiger partial charge in [0.1, 0.15) is 0 Å². The van der Waals surface area contributed by atoms with Crippen LogP contribution in [0.1, 0.15) is 64.7 Å². The molecule has 0 amide bonds. The summed E-state index contributed by atoms with van der Waals surface area (Å²) < 4.78 is 0. The van der Waals surface area contributed by atoms with Crippen molar-refractivity contribution in [1.29, 1.82) is 0 Å². The van der Waals surface area contributed by atoms with Crippen LogP contribution < -0.4 is 5.73 Å². The Balaban J connectivity index is 1.98. The molecule has 2 saturated carbocycles. The third-order valence-corrected chi connectivity index (χ3v) is 5.39. The van der Waals surface area contributed by atoms with E-state index in [0.717, 1.165) is 18.8 Å². The molecule has 0 heterocycles. The van der Waals surface area contributed by atoms with Crippen LogP contribution in [0, 0.1) is 17.3 Å². The smallest absolute Gasteiger partial charge is 0.0636 e. The van der Waals surface area contributed by atoms with Gasteiger partial charge in [0.25, 0.3) is 0 Å². The third kappa shape index (κ3) is 2.85. The minimum absolute atomic E-state index is 0.0590. The number of nitrogens with two attached hydrogens (primary N) is 1. The van der Waals surface area contributed by atoms with Crippen molar-refractivity contribution >= 4 is 0 Å². The molecule has 2 rings (SSSR count). The van der Waals surface area contributed by atoms with Gasteiger partial charge in [-0.1, -0.05) is 39.0 Å². The molecule has 1 unspecified atom stereocenters. The average molecular weight is 239 g/mol. The predicted molar refractivity (Wildman–Crippen MR) is 71.7 cm³/mol. The maximum Gasteiger partial charge on any atom is 0.0636 e. The molecule has 0 saturated heterocycles. The number of aliphatic hydroxyl groups excluding tert-OH is 1. The quantitative estimate of drug-likeness (QED) is 0.795. The molecule has 0 aromatic heterocycles. The van der Waals surface area contributed by atoms with Crippen LogP contribution in [0.5, 0.6) is 0 Å². The van der Waals surface area contributed by atoms with Gasteiger partial charge in [0.2, 0.25) is 0 Å². The molecule has 0 aliphatic heterocycles. The zero-order valence-corrected chi connectivity index (χ0v) is 11.3. The van der Waals surface area contributed by atoms with Crippen LogP contribution in [0.3, 0.4) is 0 Å². The molecule has 0 bridgehead atoms. The van der Waals surface area contributed by atoms with Crippen molar-refractivity contribution in [2.24, 2.45) is 23.0 Å². The van der Waals surface area contributed by atoms with Crippen molar-refractivity contribution in [2.75, 3.05) is 6.54 Å². The summed E-state index contributed by atoms with van der Waals surface area (Å²) >= 11 is 0. The van der Waals surface area contributed by atoms with E-state index in [9.17, 15) is 5.11 Å². The first-order chi connectivity index (χ1) is 8.18. The Bertz CT molecular complexity index is 227. The fourth-order valence-corrected chi connectivity index (χ4v) is 3.98. The van der Waals surface area contributed by atoms with Crippen molar-refractivity contribution in [1.82, 2.24) is 0 Å². The van der Waals surface area contributed by atoms with E-state index in [0.29, 0.717) is 12.5 Å². The van der Waals surface area contributed by atoms with Crippen LogP contribution in [0.2, 0.25) is 0 Å². The molecule has 0 aromatic carbocycles. The van der Waals surface area contributed by atoms with E-state index in [4.69, 9.17) is 5.73 Å². The summed E-state index contributed by atoms with van der Waals surface area (Å²) in [5.41, 5.74) is 6.07. The molecule has 0 spiro atoms. The Kier molecular flexibility index (Phi) is 4.48. The Labute approximate surface area is 106 Å². The summed E-state index contributed by atoms with van der Waals surface area (Å²) in [5.74, 6) is 1.38. The normalized spacial score (nSPS) is 35.5. The maximum atomic E-state index is 10.8. The minimum Gasteiger partial charge on any atom is -0.392 e. The molecule has 2 aliphatic rings. The highest BCUT2D eigenvalue weighted by Gasteiger charge is 2.42. The standard InChI is InChI=1S/C15H29NO/c1-12-5-7-13(8-6-12)14(17)15(11-16)9-3-2-4-10-15/h12-14,17H,2-11,16H2,1H3. The summed E-state index contributed by atoms with van der Waals surface area (Å²) in [6.07, 6.45) is 11.0. The molecule has 2 nitrogen and oxygen atoms in total. The number of hydrogen-bond acceptors (Lipinski definition) is 2. The molecule has 0 radical (unpaired) electrons. The summed E-state index contributed by atoms with van der Waals surface area (Å²) in [4.78, 5) is 0. The third-order valence-electron chi connectivity index (χ3n) is 5.39. The van der Waals surface area contributed by atoms with E-state index in [-0.39, 0.29) is 11.5 Å². The fourth-order valence-electron chi connectivity index (χ4n) is 3.98. The molecular formula is C15H29NO. The predicted octanol–water partition coefficient (Wildman–Crippen LogP) is 3.08. The first-order valence-corrected chi connectivity index (χ1v) is 7.56. The maximum absolute atomic E-state index is 10.8. The summed E-state index contributed by atoms with van der Waals surface area (Å²) in [6, 6.07) is 0. The first-order valence-electron chi connectivity index (χ1n) is 7.56. The van der Waals surface area contributed by atoms with Gasteiger partial charge in [0, 0.05) is 12.0 Å². The number of hydrogen-bond donors (Lipinski definition) is 2. The van der Waals surface area contributed by atoms with Crippen molar-refractivity contribution in [2.45, 2.75) is 70.8 Å². The first kappa shape index (κ1) is 13.4. The van der Waals surface area contributed by atoms with E-state index in [1.165, 1.54) is 44.9 Å². The van der Waals surface area contributed by atoms with Gasteiger partial charge in [-0.3, -0.25) is 0 Å². The summed E-state index contributed by atoms with van der Waals surface area (Å²) in [7, 11) is 0. The van der Waals surface area contributed by atoms with Gasteiger partial charge in [0.05, 0.1) is 6.10 Å². The SMILES string of the molecule is CC1CCC(C(O)C2(CN)CCCCC2)CC1. The lowest BCUT2D eigenvalue weighted by molar-refractivity contribution is -0.0495. The second-order valence-electron chi connectivity index (χ2n) is 6.59. The number of aliphatic hydroxyl groups is 1. The Morgan fingerprint density at radius 1 is 1.12 bits per heavy atom. The minimum atomic E-state index is -0.139. The van der Waals surface area contributed by atoms with E-state index < -0.39 is 0 Å². The largest absolute Gasteiger partial charge is 0.392 e. The molecule has 17 heavy (non-hydrogen) atoms. The second-order valence-corrected chi connectivity index (χ2v) is 6.59. The van der Waals surface area contributed by atoms with Crippen molar-refractivity contribution in [3.63, 3.8) is 0 Å². The lowest BCUT2D eigenvalue weighted by atomic mass is 9.64. The van der Waals surface area contributed by atoms with Crippen molar-refractivity contribution < 1.29 is 5.11 Å². The lowest BCUT2D eigenvalue weighted by Gasteiger charge is -2.45. The van der Waals surface area contributed by atoms with E-state index in [1.807, 2.05) is 0 Å². The molecule has 2 heteroatoms. The van der Waals surface area contributed by atoms with Crippen molar-refractivity contribution in [3.8, 4) is 0 Å². The molecular weight excluding hydrogens is 210 g/mol. The Hall–Kier alpha value is -0.0800. The van der Waals surface area contributed by atoms with Gasteiger partial charge in [-0.25, -0.2) is 0 Å². The topological polar surface area (TPSA) is 46.2 Å². The van der Waals surface area contributed by atoms with Gasteiger partial charge in [-0.05, 0) is 37.5 Å². The Morgan fingerprint density at radius 3 is 2.24 bits per heavy atom. The van der Waals surface area contributed by atoms with E-state index in [2.05, 4.69) is 6.92 Å². The number of rotatable bonds is 3. The second kappa shape index (κ2) is 5.71. The van der Waals surface area contributed by atoms with Crippen LogP contribution in [0.25, 0.3) is 0 Å². The highest BCUT2D eigenvalue weighted by atomic mass is 16.3. The van der Waals surface area contributed by atoms with Gasteiger partial charge >= 0.3 is 0 Å². The molecule has 2 aliphatic carbocycles. The van der Waals surface area contributed by atoms with Crippen LogP contribution in [-0.2, 0) is 0 Å². The average Bonchev–Trinajstić information content (AvgIpc) is 2.39. The highest BCUT2D eigenvalue weighted by Crippen LogP contribution is 2.44.